The number of hydrogen-bond acceptors (Lipinski definition) is 3. The van der Waals surface area contributed by atoms with Gasteiger partial charge in [-0.05, 0) is 29.7 Å². The molecule has 0 aliphatic carbocycles. The first-order chi connectivity index (χ1) is 11.6. The quantitative estimate of drug-likeness (QED) is 0.694. The van der Waals surface area contributed by atoms with Crippen molar-refractivity contribution in [1.29, 1.82) is 0 Å². The van der Waals surface area contributed by atoms with Gasteiger partial charge in [-0.3, -0.25) is 4.79 Å². The maximum Gasteiger partial charge on any atom is 0.335 e. The summed E-state index contributed by atoms with van der Waals surface area (Å²) in [5.74, 6) is -0.998. The van der Waals surface area contributed by atoms with Crippen molar-refractivity contribution < 1.29 is 19.4 Å². The summed E-state index contributed by atoms with van der Waals surface area (Å²) < 4.78 is 5.53. The third-order valence-electron chi connectivity index (χ3n) is 3.49. The Morgan fingerprint density at radius 1 is 0.958 bits per heavy atom. The second kappa shape index (κ2) is 9.47. The number of carboxylic acids is 1. The third-order valence-corrected chi connectivity index (χ3v) is 3.49. The molecule has 0 fully saturated rings. The molecule has 0 bridgehead atoms. The molecule has 0 heterocycles. The molecule has 0 aliphatic rings. The summed E-state index contributed by atoms with van der Waals surface area (Å²) in [6, 6.07) is 16.4. The number of ether oxygens (including phenoxy) is 1. The number of hydrogen-bond donors (Lipinski definition) is 2. The molecule has 0 spiro atoms. The van der Waals surface area contributed by atoms with E-state index in [9.17, 15) is 9.59 Å². The molecule has 2 rings (SSSR count). The molecule has 0 radical (unpaired) electrons. The Morgan fingerprint density at radius 2 is 1.67 bits per heavy atom. The molecule has 5 heteroatoms. The van der Waals surface area contributed by atoms with Gasteiger partial charge in [-0.1, -0.05) is 42.5 Å². The van der Waals surface area contributed by atoms with Crippen molar-refractivity contribution in [1.82, 2.24) is 5.32 Å². The van der Waals surface area contributed by atoms with Gasteiger partial charge in [0.25, 0.3) is 0 Å². The van der Waals surface area contributed by atoms with E-state index in [2.05, 4.69) is 5.32 Å². The number of carbonyl (C=O) groups is 2. The van der Waals surface area contributed by atoms with Crippen molar-refractivity contribution in [3.63, 3.8) is 0 Å². The lowest BCUT2D eigenvalue weighted by Crippen LogP contribution is -2.22. The van der Waals surface area contributed by atoms with Crippen LogP contribution in [0.1, 0.15) is 34.3 Å². The second-order valence-electron chi connectivity index (χ2n) is 5.42. The Kier molecular flexibility index (Phi) is 6.98. The summed E-state index contributed by atoms with van der Waals surface area (Å²) in [6.45, 7) is 1.48. The van der Waals surface area contributed by atoms with Gasteiger partial charge in [-0.15, -0.1) is 0 Å². The lowest BCUT2D eigenvalue weighted by molar-refractivity contribution is -0.121. The number of rotatable bonds is 9. The summed E-state index contributed by atoms with van der Waals surface area (Å²) in [5.41, 5.74) is 2.22. The van der Waals surface area contributed by atoms with Crippen LogP contribution in [0.25, 0.3) is 0 Å². The SMILES string of the molecule is O=C(CCCOCc1ccccc1)NCc1ccc(C(=O)O)cc1. The predicted octanol–water partition coefficient (Wildman–Crippen LogP) is 3.00. The van der Waals surface area contributed by atoms with Crippen LogP contribution >= 0.6 is 0 Å². The molecule has 5 nitrogen and oxygen atoms in total. The van der Waals surface area contributed by atoms with Crippen molar-refractivity contribution >= 4 is 11.9 Å². The minimum absolute atomic E-state index is 0.0411. The molecular weight excluding hydrogens is 306 g/mol. The van der Waals surface area contributed by atoms with E-state index in [1.807, 2.05) is 30.3 Å². The summed E-state index contributed by atoms with van der Waals surface area (Å²) in [7, 11) is 0. The highest BCUT2D eigenvalue weighted by Gasteiger charge is 2.04. The van der Waals surface area contributed by atoms with E-state index in [0.717, 1.165) is 11.1 Å². The standard InChI is InChI=1S/C19H21NO4/c21-18(7-4-12-24-14-16-5-2-1-3-6-16)20-13-15-8-10-17(11-9-15)19(22)23/h1-3,5-6,8-11H,4,7,12-14H2,(H,20,21)(H,22,23). The number of carboxylic acid groups (broad SMARTS) is 1. The fourth-order valence-electron chi connectivity index (χ4n) is 2.15. The molecule has 2 N–H and O–H groups in total. The molecule has 0 unspecified atom stereocenters. The van der Waals surface area contributed by atoms with Crippen LogP contribution in [0.15, 0.2) is 54.6 Å². The largest absolute Gasteiger partial charge is 0.478 e. The average Bonchev–Trinajstić information content (AvgIpc) is 2.61. The summed E-state index contributed by atoms with van der Waals surface area (Å²) in [6.07, 6.45) is 1.07. The average molecular weight is 327 g/mol. The number of aromatic carboxylic acids is 1. The predicted molar refractivity (Wildman–Crippen MR) is 90.6 cm³/mol. The van der Waals surface area contributed by atoms with Crippen molar-refractivity contribution in [2.24, 2.45) is 0 Å². The Bertz CT molecular complexity index is 653. The smallest absolute Gasteiger partial charge is 0.335 e. The summed E-state index contributed by atoms with van der Waals surface area (Å²) in [5, 5.41) is 11.6. The van der Waals surface area contributed by atoms with E-state index >= 15 is 0 Å². The topological polar surface area (TPSA) is 75.6 Å². The molecule has 2 aromatic carbocycles. The molecule has 2 aromatic rings. The zero-order valence-electron chi connectivity index (χ0n) is 13.4. The van der Waals surface area contributed by atoms with Crippen molar-refractivity contribution in [3.05, 3.63) is 71.3 Å². The van der Waals surface area contributed by atoms with Gasteiger partial charge in [-0.25, -0.2) is 4.79 Å². The monoisotopic (exact) mass is 327 g/mol. The number of benzene rings is 2. The lowest BCUT2D eigenvalue weighted by Gasteiger charge is -2.07. The zero-order chi connectivity index (χ0) is 17.2. The van der Waals surface area contributed by atoms with Crippen LogP contribution in [-0.4, -0.2) is 23.6 Å². The normalized spacial score (nSPS) is 10.3. The van der Waals surface area contributed by atoms with Crippen LogP contribution in [0.5, 0.6) is 0 Å². The van der Waals surface area contributed by atoms with Gasteiger partial charge in [0, 0.05) is 19.6 Å². The fourth-order valence-corrected chi connectivity index (χ4v) is 2.15. The first-order valence-electron chi connectivity index (χ1n) is 7.86. The third kappa shape index (κ3) is 6.22. The van der Waals surface area contributed by atoms with E-state index in [0.29, 0.717) is 32.6 Å². The van der Waals surface area contributed by atoms with Gasteiger partial charge < -0.3 is 15.2 Å². The summed E-state index contributed by atoms with van der Waals surface area (Å²) in [4.78, 5) is 22.5. The molecular formula is C19H21NO4. The van der Waals surface area contributed by atoms with Crippen LogP contribution in [0.2, 0.25) is 0 Å². The molecule has 0 atom stereocenters. The zero-order valence-corrected chi connectivity index (χ0v) is 13.4. The molecule has 0 saturated heterocycles. The highest BCUT2D eigenvalue weighted by Crippen LogP contribution is 2.05. The van der Waals surface area contributed by atoms with Crippen LogP contribution in [0.3, 0.4) is 0 Å². The number of carbonyl (C=O) groups excluding carboxylic acids is 1. The lowest BCUT2D eigenvalue weighted by atomic mass is 10.1. The number of amides is 1. The minimum atomic E-state index is -0.957. The Labute approximate surface area is 141 Å². The van der Waals surface area contributed by atoms with Crippen LogP contribution < -0.4 is 5.32 Å². The molecule has 126 valence electrons. The van der Waals surface area contributed by atoms with E-state index in [-0.39, 0.29) is 11.5 Å². The maximum atomic E-state index is 11.8. The van der Waals surface area contributed by atoms with E-state index in [1.54, 1.807) is 12.1 Å². The highest BCUT2D eigenvalue weighted by atomic mass is 16.5. The van der Waals surface area contributed by atoms with Crippen LogP contribution in [0.4, 0.5) is 0 Å². The maximum absolute atomic E-state index is 11.8. The van der Waals surface area contributed by atoms with Gasteiger partial charge in [0.1, 0.15) is 0 Å². The molecule has 24 heavy (non-hydrogen) atoms. The Morgan fingerprint density at radius 3 is 2.33 bits per heavy atom. The van der Waals surface area contributed by atoms with E-state index in [4.69, 9.17) is 9.84 Å². The van der Waals surface area contributed by atoms with Crippen LogP contribution in [0, 0.1) is 0 Å². The Balaban J connectivity index is 1.59. The number of nitrogens with one attached hydrogen (secondary N) is 1. The van der Waals surface area contributed by atoms with E-state index in [1.165, 1.54) is 12.1 Å². The first-order valence-corrected chi connectivity index (χ1v) is 7.86. The van der Waals surface area contributed by atoms with Gasteiger partial charge in [0.2, 0.25) is 5.91 Å². The van der Waals surface area contributed by atoms with Crippen molar-refractivity contribution in [2.45, 2.75) is 26.0 Å². The summed E-state index contributed by atoms with van der Waals surface area (Å²) >= 11 is 0. The Hall–Kier alpha value is -2.66. The molecule has 0 aliphatic heterocycles. The molecule has 0 aromatic heterocycles. The van der Waals surface area contributed by atoms with Gasteiger partial charge in [0.05, 0.1) is 12.2 Å². The van der Waals surface area contributed by atoms with Gasteiger partial charge >= 0.3 is 5.97 Å². The molecule has 1 amide bonds. The van der Waals surface area contributed by atoms with Gasteiger partial charge in [-0.2, -0.15) is 0 Å². The fraction of sp³-hybridized carbons (Fsp3) is 0.263. The van der Waals surface area contributed by atoms with E-state index < -0.39 is 5.97 Å². The van der Waals surface area contributed by atoms with Crippen molar-refractivity contribution in [3.8, 4) is 0 Å². The van der Waals surface area contributed by atoms with Crippen molar-refractivity contribution in [2.75, 3.05) is 6.61 Å². The first kappa shape index (κ1) is 17.7. The van der Waals surface area contributed by atoms with Gasteiger partial charge in [0.15, 0.2) is 0 Å². The minimum Gasteiger partial charge on any atom is -0.478 e. The second-order valence-corrected chi connectivity index (χ2v) is 5.42. The van der Waals surface area contributed by atoms with Crippen LogP contribution in [-0.2, 0) is 22.7 Å². The highest BCUT2D eigenvalue weighted by molar-refractivity contribution is 5.87. The molecule has 0 saturated carbocycles.